The lowest BCUT2D eigenvalue weighted by Crippen LogP contribution is -2.09. The van der Waals surface area contributed by atoms with E-state index in [1.165, 1.54) is 18.5 Å². The van der Waals surface area contributed by atoms with Crippen LogP contribution in [-0.4, -0.2) is 9.97 Å². The number of nitrogens with one attached hydrogen (secondary N) is 1. The largest absolute Gasteiger partial charge is 0.417 e. The molecule has 1 heterocycles. The van der Waals surface area contributed by atoms with Crippen LogP contribution in [-0.2, 0) is 6.18 Å². The summed E-state index contributed by atoms with van der Waals surface area (Å²) in [7, 11) is 0. The van der Waals surface area contributed by atoms with Crippen LogP contribution in [0, 0.1) is 0 Å². The lowest BCUT2D eigenvalue weighted by atomic mass is 10.1. The Kier molecular flexibility index (Phi) is 3.12. The number of hydrogen-bond acceptors (Lipinski definition) is 4. The number of imidazole rings is 1. The Labute approximate surface area is 105 Å². The highest BCUT2D eigenvalue weighted by Crippen LogP contribution is 2.41. The summed E-state index contributed by atoms with van der Waals surface area (Å²) in [4.78, 5) is 6.53. The summed E-state index contributed by atoms with van der Waals surface area (Å²) in [5.74, 6) is 0. The minimum absolute atomic E-state index is 0.0378. The third-order valence-electron chi connectivity index (χ3n) is 2.17. The maximum atomic E-state index is 12.8. The van der Waals surface area contributed by atoms with Crippen LogP contribution in [0.15, 0.2) is 34.6 Å². The molecule has 2 rings (SSSR count). The van der Waals surface area contributed by atoms with Gasteiger partial charge >= 0.3 is 6.18 Å². The van der Waals surface area contributed by atoms with E-state index in [9.17, 15) is 13.2 Å². The Morgan fingerprint density at radius 3 is 2.39 bits per heavy atom. The molecule has 4 nitrogen and oxygen atoms in total. The summed E-state index contributed by atoms with van der Waals surface area (Å²) >= 11 is 0.848. The first-order chi connectivity index (χ1) is 8.38. The molecular weight excluding hydrogens is 265 g/mol. The quantitative estimate of drug-likeness (QED) is 0.735. The van der Waals surface area contributed by atoms with Crippen molar-refractivity contribution in [3.63, 3.8) is 0 Å². The van der Waals surface area contributed by atoms with Crippen molar-refractivity contribution in [2.75, 3.05) is 11.5 Å². The summed E-state index contributed by atoms with van der Waals surface area (Å²) in [5.41, 5.74) is 10.1. The van der Waals surface area contributed by atoms with Gasteiger partial charge in [0.2, 0.25) is 0 Å². The van der Waals surface area contributed by atoms with Crippen LogP contribution in [0.2, 0.25) is 0 Å². The number of anilines is 2. The molecule has 0 fully saturated rings. The highest BCUT2D eigenvalue weighted by Gasteiger charge is 2.34. The van der Waals surface area contributed by atoms with Gasteiger partial charge in [0.25, 0.3) is 0 Å². The lowest BCUT2D eigenvalue weighted by molar-refractivity contribution is -0.139. The molecule has 1 aromatic carbocycles. The fourth-order valence-electron chi connectivity index (χ4n) is 1.33. The Morgan fingerprint density at radius 2 is 1.83 bits per heavy atom. The summed E-state index contributed by atoms with van der Waals surface area (Å²) < 4.78 is 38.5. The zero-order valence-electron chi connectivity index (χ0n) is 8.95. The van der Waals surface area contributed by atoms with E-state index in [1.807, 2.05) is 0 Å². The van der Waals surface area contributed by atoms with Crippen molar-refractivity contribution in [3.8, 4) is 0 Å². The maximum Gasteiger partial charge on any atom is 0.417 e. The molecule has 0 saturated heterocycles. The molecule has 8 heteroatoms. The number of halogens is 3. The van der Waals surface area contributed by atoms with E-state index in [4.69, 9.17) is 11.5 Å². The molecule has 0 saturated carbocycles. The normalized spacial score (nSPS) is 11.7. The molecular formula is C10H9F3N4S. The summed E-state index contributed by atoms with van der Waals surface area (Å²) in [6.07, 6.45) is -1.51. The molecule has 0 spiro atoms. The number of nitrogens with two attached hydrogens (primary N) is 2. The standard InChI is InChI=1S/C10H9F3N4S/c11-10(12,13)5-3-6(14)7(15)4-8(5)18-9-16-1-2-17-9/h1-4H,14-15H2,(H,16,17). The van der Waals surface area contributed by atoms with E-state index in [-0.39, 0.29) is 16.3 Å². The van der Waals surface area contributed by atoms with E-state index >= 15 is 0 Å². The first-order valence-electron chi connectivity index (χ1n) is 4.81. The van der Waals surface area contributed by atoms with E-state index in [1.54, 1.807) is 0 Å². The number of hydrogen-bond donors (Lipinski definition) is 3. The van der Waals surface area contributed by atoms with Crippen LogP contribution in [0.3, 0.4) is 0 Å². The molecule has 0 aliphatic carbocycles. The second kappa shape index (κ2) is 4.45. The van der Waals surface area contributed by atoms with Crippen LogP contribution in [0.5, 0.6) is 0 Å². The third-order valence-corrected chi connectivity index (χ3v) is 3.14. The van der Waals surface area contributed by atoms with Gasteiger partial charge in [0.1, 0.15) is 0 Å². The first kappa shape index (κ1) is 12.6. The third kappa shape index (κ3) is 2.53. The number of aromatic nitrogens is 2. The van der Waals surface area contributed by atoms with Crippen molar-refractivity contribution >= 4 is 23.1 Å². The minimum atomic E-state index is -4.49. The minimum Gasteiger partial charge on any atom is -0.397 e. The molecule has 5 N–H and O–H groups in total. The van der Waals surface area contributed by atoms with Crippen molar-refractivity contribution in [3.05, 3.63) is 30.1 Å². The molecule has 0 aliphatic heterocycles. The molecule has 0 unspecified atom stereocenters. The van der Waals surface area contributed by atoms with Gasteiger partial charge in [-0.25, -0.2) is 4.98 Å². The number of nitrogen functional groups attached to an aromatic ring is 2. The summed E-state index contributed by atoms with van der Waals surface area (Å²) in [6.45, 7) is 0. The van der Waals surface area contributed by atoms with Crippen molar-refractivity contribution in [1.29, 1.82) is 0 Å². The molecule has 0 aliphatic rings. The van der Waals surface area contributed by atoms with Crippen molar-refractivity contribution in [1.82, 2.24) is 9.97 Å². The van der Waals surface area contributed by atoms with Crippen LogP contribution in [0.1, 0.15) is 5.56 Å². The molecule has 2 aromatic rings. The van der Waals surface area contributed by atoms with E-state index in [2.05, 4.69) is 9.97 Å². The monoisotopic (exact) mass is 274 g/mol. The van der Waals surface area contributed by atoms with Gasteiger partial charge in [-0.05, 0) is 12.1 Å². The summed E-state index contributed by atoms with van der Waals surface area (Å²) in [5, 5.41) is 0.352. The molecule has 0 amide bonds. The van der Waals surface area contributed by atoms with Gasteiger partial charge in [0, 0.05) is 17.3 Å². The topological polar surface area (TPSA) is 80.7 Å². The van der Waals surface area contributed by atoms with Crippen LogP contribution in [0.25, 0.3) is 0 Å². The maximum absolute atomic E-state index is 12.8. The van der Waals surface area contributed by atoms with Gasteiger partial charge in [-0.15, -0.1) is 0 Å². The first-order valence-corrected chi connectivity index (χ1v) is 5.63. The Hall–Kier alpha value is -1.83. The molecule has 18 heavy (non-hydrogen) atoms. The van der Waals surface area contributed by atoms with Crippen LogP contribution in [0.4, 0.5) is 24.5 Å². The van der Waals surface area contributed by atoms with Gasteiger partial charge < -0.3 is 16.5 Å². The van der Waals surface area contributed by atoms with Gasteiger partial charge in [0.15, 0.2) is 5.16 Å². The lowest BCUT2D eigenvalue weighted by Gasteiger charge is -2.13. The fraction of sp³-hybridized carbons (Fsp3) is 0.100. The predicted molar refractivity (Wildman–Crippen MR) is 63.0 cm³/mol. The van der Waals surface area contributed by atoms with E-state index < -0.39 is 11.7 Å². The van der Waals surface area contributed by atoms with Gasteiger partial charge in [0.05, 0.1) is 16.9 Å². The number of H-pyrrole nitrogens is 1. The number of nitrogens with zero attached hydrogens (tertiary/aromatic N) is 1. The van der Waals surface area contributed by atoms with E-state index in [0.29, 0.717) is 5.16 Å². The van der Waals surface area contributed by atoms with Crippen LogP contribution >= 0.6 is 11.8 Å². The molecule has 0 atom stereocenters. The summed E-state index contributed by atoms with van der Waals surface area (Å²) in [6, 6.07) is 2.03. The number of rotatable bonds is 2. The highest BCUT2D eigenvalue weighted by atomic mass is 32.2. The number of benzene rings is 1. The molecule has 96 valence electrons. The Balaban J connectivity index is 2.47. The van der Waals surface area contributed by atoms with Gasteiger partial charge in [-0.3, -0.25) is 0 Å². The van der Waals surface area contributed by atoms with E-state index in [0.717, 1.165) is 17.8 Å². The second-order valence-corrected chi connectivity index (χ2v) is 4.50. The Morgan fingerprint density at radius 1 is 1.17 bits per heavy atom. The van der Waals surface area contributed by atoms with Gasteiger partial charge in [-0.1, -0.05) is 11.8 Å². The number of alkyl halides is 3. The zero-order chi connectivity index (χ0) is 13.3. The molecule has 0 bridgehead atoms. The predicted octanol–water partition coefficient (Wildman–Crippen LogP) is 2.74. The SMILES string of the molecule is Nc1cc(Sc2ncc[nH]2)c(C(F)(F)F)cc1N. The second-order valence-electron chi connectivity index (χ2n) is 3.47. The average molecular weight is 274 g/mol. The zero-order valence-corrected chi connectivity index (χ0v) is 9.77. The fourth-order valence-corrected chi connectivity index (χ4v) is 2.25. The highest BCUT2D eigenvalue weighted by molar-refractivity contribution is 7.99. The van der Waals surface area contributed by atoms with Crippen molar-refractivity contribution < 1.29 is 13.2 Å². The number of aromatic amines is 1. The van der Waals surface area contributed by atoms with Crippen LogP contribution < -0.4 is 11.5 Å². The average Bonchev–Trinajstić information content (AvgIpc) is 2.74. The molecule has 0 radical (unpaired) electrons. The van der Waals surface area contributed by atoms with Crippen molar-refractivity contribution in [2.24, 2.45) is 0 Å². The van der Waals surface area contributed by atoms with Gasteiger partial charge in [-0.2, -0.15) is 13.2 Å². The van der Waals surface area contributed by atoms with Crippen molar-refractivity contribution in [2.45, 2.75) is 16.2 Å². The Bertz CT molecular complexity index is 551. The molecule has 1 aromatic heterocycles. The smallest absolute Gasteiger partial charge is 0.397 e.